The molecular weight excluding hydrogens is 228 g/mol. The Morgan fingerprint density at radius 2 is 1.56 bits per heavy atom. The molecule has 0 aromatic rings. The number of carbonyl (C=O) groups excluding carboxylic acids is 2. The summed E-state index contributed by atoms with van der Waals surface area (Å²) in [6, 6.07) is -0.503. The first-order valence-electron chi connectivity index (χ1n) is 7.12. The molecule has 0 saturated heterocycles. The van der Waals surface area contributed by atoms with Crippen molar-refractivity contribution < 1.29 is 9.59 Å². The first-order valence-corrected chi connectivity index (χ1v) is 7.12. The van der Waals surface area contributed by atoms with Gasteiger partial charge in [0.05, 0.1) is 6.04 Å². The quantitative estimate of drug-likeness (QED) is 0.761. The third-order valence-corrected chi connectivity index (χ3v) is 2.66. The topological polar surface area (TPSA) is 72.2 Å². The van der Waals surface area contributed by atoms with Crippen molar-refractivity contribution in [2.24, 2.45) is 5.73 Å². The van der Waals surface area contributed by atoms with Crippen molar-refractivity contribution in [3.63, 3.8) is 0 Å². The molecule has 1 amide bonds. The van der Waals surface area contributed by atoms with Crippen molar-refractivity contribution in [2.45, 2.75) is 71.3 Å². The summed E-state index contributed by atoms with van der Waals surface area (Å²) in [6.45, 7) is 4.00. The van der Waals surface area contributed by atoms with Gasteiger partial charge in [0.1, 0.15) is 6.29 Å². The Morgan fingerprint density at radius 3 is 1.83 bits per heavy atom. The molecule has 1 fully saturated rings. The van der Waals surface area contributed by atoms with E-state index >= 15 is 0 Å². The largest absolute Gasteiger partial charge is 0.359 e. The van der Waals surface area contributed by atoms with Crippen molar-refractivity contribution in [3.8, 4) is 0 Å². The van der Waals surface area contributed by atoms with E-state index in [0.29, 0.717) is 19.1 Å². The van der Waals surface area contributed by atoms with E-state index in [1.54, 1.807) is 7.05 Å². The third-order valence-electron chi connectivity index (χ3n) is 2.66. The zero-order valence-corrected chi connectivity index (χ0v) is 12.2. The fourth-order valence-corrected chi connectivity index (χ4v) is 1.55. The zero-order valence-electron chi connectivity index (χ0n) is 12.2. The molecule has 18 heavy (non-hydrogen) atoms. The molecule has 0 heterocycles. The van der Waals surface area contributed by atoms with E-state index in [1.807, 2.05) is 13.8 Å². The summed E-state index contributed by atoms with van der Waals surface area (Å²) >= 11 is 0. The van der Waals surface area contributed by atoms with E-state index in [-0.39, 0.29) is 5.91 Å². The predicted octanol–water partition coefficient (Wildman–Crippen LogP) is 2.41. The molecule has 3 N–H and O–H groups in total. The maximum Gasteiger partial charge on any atom is 0.219 e. The van der Waals surface area contributed by atoms with E-state index in [1.165, 1.54) is 38.5 Å². The first kappa shape index (κ1) is 19.4. The van der Waals surface area contributed by atoms with Gasteiger partial charge in [-0.05, 0) is 6.42 Å². The summed E-state index contributed by atoms with van der Waals surface area (Å²) < 4.78 is 0. The average Bonchev–Trinajstić information content (AvgIpc) is 2.48. The van der Waals surface area contributed by atoms with Crippen molar-refractivity contribution >= 4 is 12.2 Å². The number of hydrogen-bond acceptors (Lipinski definition) is 3. The highest BCUT2D eigenvalue weighted by Gasteiger charge is 2.02. The van der Waals surface area contributed by atoms with Crippen LogP contribution in [0.25, 0.3) is 0 Å². The van der Waals surface area contributed by atoms with Gasteiger partial charge in [0, 0.05) is 13.5 Å². The summed E-state index contributed by atoms with van der Waals surface area (Å²) in [5.74, 6) is -0.0858. The molecule has 108 valence electrons. The van der Waals surface area contributed by atoms with Gasteiger partial charge in [0.15, 0.2) is 0 Å². The number of aldehydes is 1. The smallest absolute Gasteiger partial charge is 0.219 e. The number of nitrogens with one attached hydrogen (secondary N) is 1. The van der Waals surface area contributed by atoms with Crippen LogP contribution in [0.15, 0.2) is 0 Å². The lowest BCUT2D eigenvalue weighted by Crippen LogP contribution is -2.25. The minimum absolute atomic E-state index is 0.0858. The lowest BCUT2D eigenvalue weighted by Gasteiger charge is -2.05. The summed E-state index contributed by atoms with van der Waals surface area (Å²) in [5.41, 5.74) is 5.23. The van der Waals surface area contributed by atoms with E-state index in [2.05, 4.69) is 5.32 Å². The molecule has 4 heteroatoms. The van der Waals surface area contributed by atoms with Crippen molar-refractivity contribution in [1.29, 1.82) is 0 Å². The lowest BCUT2D eigenvalue weighted by molar-refractivity contribution is -0.120. The summed E-state index contributed by atoms with van der Waals surface area (Å²) in [4.78, 5) is 20.5. The van der Waals surface area contributed by atoms with Gasteiger partial charge >= 0.3 is 0 Å². The minimum Gasteiger partial charge on any atom is -0.359 e. The van der Waals surface area contributed by atoms with Gasteiger partial charge in [-0.1, -0.05) is 52.4 Å². The number of rotatable bonds is 4. The van der Waals surface area contributed by atoms with Crippen molar-refractivity contribution in [2.75, 3.05) is 7.05 Å². The molecule has 0 spiro atoms. The summed E-state index contributed by atoms with van der Waals surface area (Å²) in [5, 5.41) is 2.43. The minimum atomic E-state index is -0.503. The SMILES string of the molecule is C1CCCCC1.CC.CNC(=O)CCC(N)C=O. The standard InChI is InChI=1S/C6H12N2O2.C6H12.C2H6/c1-8-6(10)3-2-5(7)4-9;1-2-4-6-5-3-1;1-2/h4-5H,2-3,7H2,1H3,(H,8,10);1-6H2;1-2H3. The average molecular weight is 258 g/mol. The van der Waals surface area contributed by atoms with E-state index in [0.717, 1.165) is 0 Å². The van der Waals surface area contributed by atoms with Crippen LogP contribution in [-0.4, -0.2) is 25.3 Å². The normalized spacial score (nSPS) is 15.1. The fourth-order valence-electron chi connectivity index (χ4n) is 1.55. The van der Waals surface area contributed by atoms with Crippen LogP contribution < -0.4 is 11.1 Å². The van der Waals surface area contributed by atoms with Crippen LogP contribution in [0.2, 0.25) is 0 Å². The molecule has 1 unspecified atom stereocenters. The second-order valence-corrected chi connectivity index (χ2v) is 4.13. The Kier molecular flexibility index (Phi) is 17.4. The second-order valence-electron chi connectivity index (χ2n) is 4.13. The highest BCUT2D eigenvalue weighted by Crippen LogP contribution is 2.15. The van der Waals surface area contributed by atoms with Crippen LogP contribution in [0, 0.1) is 0 Å². The van der Waals surface area contributed by atoms with Crippen LogP contribution in [0.3, 0.4) is 0 Å². The number of amides is 1. The Labute approximate surface area is 112 Å². The van der Waals surface area contributed by atoms with Gasteiger partial charge in [-0.25, -0.2) is 0 Å². The molecular formula is C14H30N2O2. The van der Waals surface area contributed by atoms with E-state index in [4.69, 9.17) is 5.73 Å². The van der Waals surface area contributed by atoms with Crippen LogP contribution >= 0.6 is 0 Å². The van der Waals surface area contributed by atoms with Crippen LogP contribution in [0.1, 0.15) is 65.2 Å². The Bertz CT molecular complexity index is 181. The summed E-state index contributed by atoms with van der Waals surface area (Å²) in [7, 11) is 1.55. The lowest BCUT2D eigenvalue weighted by atomic mass is 10.0. The molecule has 1 saturated carbocycles. The van der Waals surface area contributed by atoms with Gasteiger partial charge in [-0.3, -0.25) is 4.79 Å². The Hall–Kier alpha value is -0.900. The summed E-state index contributed by atoms with van der Waals surface area (Å²) in [6.07, 6.45) is 10.4. The maximum atomic E-state index is 10.5. The molecule has 0 aromatic heterocycles. The van der Waals surface area contributed by atoms with E-state index in [9.17, 15) is 9.59 Å². The van der Waals surface area contributed by atoms with E-state index < -0.39 is 6.04 Å². The molecule has 0 bridgehead atoms. The number of hydrogen-bond donors (Lipinski definition) is 2. The van der Waals surface area contributed by atoms with Gasteiger partial charge < -0.3 is 15.8 Å². The third kappa shape index (κ3) is 15.1. The number of nitrogens with two attached hydrogens (primary N) is 1. The molecule has 1 aliphatic carbocycles. The van der Waals surface area contributed by atoms with Gasteiger partial charge in [-0.2, -0.15) is 0 Å². The highest BCUT2D eigenvalue weighted by atomic mass is 16.1. The first-order chi connectivity index (χ1) is 8.70. The van der Waals surface area contributed by atoms with Crippen molar-refractivity contribution in [3.05, 3.63) is 0 Å². The van der Waals surface area contributed by atoms with Gasteiger partial charge in [-0.15, -0.1) is 0 Å². The Balaban J connectivity index is 0. The van der Waals surface area contributed by atoms with Crippen LogP contribution in [0.4, 0.5) is 0 Å². The molecule has 0 aromatic carbocycles. The van der Waals surface area contributed by atoms with Crippen LogP contribution in [0.5, 0.6) is 0 Å². The fraction of sp³-hybridized carbons (Fsp3) is 0.857. The molecule has 1 aliphatic rings. The van der Waals surface area contributed by atoms with Gasteiger partial charge in [0.2, 0.25) is 5.91 Å². The molecule has 1 rings (SSSR count). The van der Waals surface area contributed by atoms with Crippen LogP contribution in [-0.2, 0) is 9.59 Å². The second kappa shape index (κ2) is 16.1. The molecule has 1 atom stereocenters. The highest BCUT2D eigenvalue weighted by molar-refractivity contribution is 5.76. The molecule has 0 radical (unpaired) electrons. The monoisotopic (exact) mass is 258 g/mol. The predicted molar refractivity (Wildman–Crippen MR) is 76.4 cm³/mol. The molecule has 4 nitrogen and oxygen atoms in total. The zero-order chi connectivity index (χ0) is 14.2. The maximum absolute atomic E-state index is 10.5. The molecule has 0 aliphatic heterocycles. The number of carbonyl (C=O) groups is 2. The van der Waals surface area contributed by atoms with Crippen molar-refractivity contribution in [1.82, 2.24) is 5.32 Å². The Morgan fingerprint density at radius 1 is 1.17 bits per heavy atom. The van der Waals surface area contributed by atoms with Gasteiger partial charge in [0.25, 0.3) is 0 Å².